The lowest BCUT2D eigenvalue weighted by atomic mass is 9.85. The first-order valence-corrected chi connectivity index (χ1v) is 9.99. The summed E-state index contributed by atoms with van der Waals surface area (Å²) in [6.07, 6.45) is -4.92. The van der Waals surface area contributed by atoms with Crippen LogP contribution in [0.5, 0.6) is 0 Å². The van der Waals surface area contributed by atoms with Crippen molar-refractivity contribution in [2.45, 2.75) is 13.1 Å². The van der Waals surface area contributed by atoms with Crippen LogP contribution in [-0.2, 0) is 0 Å². The molecule has 0 saturated carbocycles. The fourth-order valence-corrected chi connectivity index (χ4v) is 4.84. The highest BCUT2D eigenvalue weighted by Crippen LogP contribution is 2.50. The molecule has 0 bridgehead atoms. The van der Waals surface area contributed by atoms with Crippen LogP contribution in [0.25, 0.3) is 10.8 Å². The minimum Gasteiger partial charge on any atom is -0.275 e. The first-order valence-electron chi connectivity index (χ1n) is 8.48. The molecule has 0 unspecified atom stereocenters. The van der Waals surface area contributed by atoms with E-state index in [1.807, 2.05) is 0 Å². The molecule has 31 heavy (non-hydrogen) atoms. The molecule has 0 aromatic heterocycles. The molecule has 6 nitrogen and oxygen atoms in total. The molecule has 0 saturated heterocycles. The van der Waals surface area contributed by atoms with Crippen LogP contribution in [0, 0.1) is 0 Å². The van der Waals surface area contributed by atoms with Gasteiger partial charge >= 0.3 is 6.18 Å². The van der Waals surface area contributed by atoms with Crippen LogP contribution < -0.4 is 0 Å². The third kappa shape index (κ3) is 2.87. The largest absolute Gasteiger partial charge is 0.406 e. The van der Waals surface area contributed by atoms with Crippen molar-refractivity contribution in [3.8, 4) is 0 Å². The molecule has 13 heteroatoms. The van der Waals surface area contributed by atoms with Gasteiger partial charge in [-0.25, -0.2) is 0 Å². The van der Waals surface area contributed by atoms with E-state index >= 15 is 0 Å². The quantitative estimate of drug-likeness (QED) is 0.515. The van der Waals surface area contributed by atoms with Crippen LogP contribution in [0.3, 0.4) is 0 Å². The minimum absolute atomic E-state index is 0.0682. The van der Waals surface area contributed by atoms with Crippen molar-refractivity contribution < 1.29 is 32.3 Å². The molecule has 0 fully saturated rings. The SMILES string of the molecule is CCN1C(=O)c2c(Cl)c(Cl)c3c4c(c(Cl)c(Cl)c(c24)C1=O)C(=O)N(CC(F)(F)F)C3=O. The summed E-state index contributed by atoms with van der Waals surface area (Å²) in [6, 6.07) is 0. The predicted octanol–water partition coefficient (Wildman–Crippen LogP) is 5.23. The topological polar surface area (TPSA) is 74.8 Å². The molecule has 0 radical (unpaired) electrons. The zero-order valence-corrected chi connectivity index (χ0v) is 18.1. The Labute approximate surface area is 191 Å². The molecule has 4 rings (SSSR count). The Morgan fingerprint density at radius 2 is 0.935 bits per heavy atom. The van der Waals surface area contributed by atoms with Crippen molar-refractivity contribution in [1.29, 1.82) is 0 Å². The summed E-state index contributed by atoms with van der Waals surface area (Å²) in [4.78, 5) is 52.3. The lowest BCUT2D eigenvalue weighted by Crippen LogP contribution is -2.47. The maximum absolute atomic E-state index is 13.0. The Balaban J connectivity index is 2.22. The Kier molecular flexibility index (Phi) is 4.97. The molecule has 0 atom stereocenters. The van der Waals surface area contributed by atoms with Gasteiger partial charge < -0.3 is 0 Å². The number of hydrogen-bond donors (Lipinski definition) is 0. The van der Waals surface area contributed by atoms with Crippen LogP contribution in [0.2, 0.25) is 20.1 Å². The van der Waals surface area contributed by atoms with Gasteiger partial charge in [-0.15, -0.1) is 0 Å². The van der Waals surface area contributed by atoms with Crippen LogP contribution in [0.15, 0.2) is 0 Å². The highest BCUT2D eigenvalue weighted by atomic mass is 35.5. The number of rotatable bonds is 2. The van der Waals surface area contributed by atoms with Crippen LogP contribution in [0.4, 0.5) is 13.2 Å². The van der Waals surface area contributed by atoms with Gasteiger partial charge in [-0.2, -0.15) is 13.2 Å². The van der Waals surface area contributed by atoms with Gasteiger partial charge in [0.25, 0.3) is 23.6 Å². The number of imide groups is 2. The van der Waals surface area contributed by atoms with E-state index in [1.54, 1.807) is 0 Å². The molecule has 162 valence electrons. The predicted molar refractivity (Wildman–Crippen MR) is 106 cm³/mol. The van der Waals surface area contributed by atoms with E-state index in [-0.39, 0.29) is 33.3 Å². The standard InChI is InChI=1S/C18H7Cl4F3N2O4/c1-2-26-14(28)6-4-5-8(12(21)10(6)19)16(30)27(3-18(23,24)25)17(31)9(5)13(22)11(20)7(4)15(26)29/h2-3H2,1H3. The normalized spacial score (nSPS) is 16.1. The van der Waals surface area contributed by atoms with Crippen LogP contribution in [-0.4, -0.2) is 52.7 Å². The summed E-state index contributed by atoms with van der Waals surface area (Å²) in [5.74, 6) is -4.51. The van der Waals surface area contributed by atoms with E-state index in [9.17, 15) is 32.3 Å². The van der Waals surface area contributed by atoms with Gasteiger partial charge in [0, 0.05) is 17.3 Å². The van der Waals surface area contributed by atoms with Gasteiger partial charge in [-0.3, -0.25) is 29.0 Å². The smallest absolute Gasteiger partial charge is 0.275 e. The zero-order chi connectivity index (χ0) is 23.2. The summed E-state index contributed by atoms with van der Waals surface area (Å²) >= 11 is 24.9. The maximum atomic E-state index is 13.0. The minimum atomic E-state index is -4.92. The Morgan fingerprint density at radius 1 is 0.645 bits per heavy atom. The third-order valence-corrected chi connectivity index (χ3v) is 6.71. The van der Waals surface area contributed by atoms with Crippen molar-refractivity contribution >= 4 is 80.8 Å². The van der Waals surface area contributed by atoms with Gasteiger partial charge in [0.2, 0.25) is 0 Å². The third-order valence-electron chi connectivity index (χ3n) is 5.00. The molecule has 2 aliphatic heterocycles. The van der Waals surface area contributed by atoms with Gasteiger partial charge in [0.1, 0.15) is 6.54 Å². The lowest BCUT2D eigenvalue weighted by molar-refractivity contribution is -0.136. The summed E-state index contributed by atoms with van der Waals surface area (Å²) in [6.45, 7) is -0.476. The maximum Gasteiger partial charge on any atom is 0.406 e. The molecular formula is C18H7Cl4F3N2O4. The Hall–Kier alpha value is -2.07. The molecule has 0 spiro atoms. The van der Waals surface area contributed by atoms with Crippen LogP contribution >= 0.6 is 46.4 Å². The zero-order valence-electron chi connectivity index (χ0n) is 15.1. The molecule has 0 N–H and O–H groups in total. The Bertz CT molecular complexity index is 1190. The fraction of sp³-hybridized carbons (Fsp3) is 0.222. The molecule has 2 aromatic carbocycles. The monoisotopic (exact) mass is 512 g/mol. The second-order valence-corrected chi connectivity index (χ2v) is 8.18. The number of amides is 4. The summed E-state index contributed by atoms with van der Waals surface area (Å²) < 4.78 is 39.1. The summed E-state index contributed by atoms with van der Waals surface area (Å²) in [7, 11) is 0. The van der Waals surface area contributed by atoms with E-state index in [0.29, 0.717) is 0 Å². The van der Waals surface area contributed by atoms with Gasteiger partial charge in [0.15, 0.2) is 0 Å². The van der Waals surface area contributed by atoms with E-state index in [1.165, 1.54) is 6.92 Å². The summed E-state index contributed by atoms with van der Waals surface area (Å²) in [5.41, 5.74) is -1.75. The number of halogens is 7. The fourth-order valence-electron chi connectivity index (χ4n) is 3.77. The van der Waals surface area contributed by atoms with Gasteiger partial charge in [-0.05, 0) is 6.92 Å². The number of hydrogen-bond acceptors (Lipinski definition) is 4. The average molecular weight is 514 g/mol. The first-order chi connectivity index (χ1) is 14.3. The van der Waals surface area contributed by atoms with Crippen LogP contribution in [0.1, 0.15) is 48.4 Å². The lowest BCUT2D eigenvalue weighted by Gasteiger charge is -2.34. The van der Waals surface area contributed by atoms with E-state index in [4.69, 9.17) is 46.4 Å². The van der Waals surface area contributed by atoms with Crippen molar-refractivity contribution in [3.63, 3.8) is 0 Å². The van der Waals surface area contributed by atoms with Crippen molar-refractivity contribution in [1.82, 2.24) is 9.80 Å². The Morgan fingerprint density at radius 3 is 1.19 bits per heavy atom. The number of carbonyl (C=O) groups excluding carboxylic acids is 4. The highest BCUT2D eigenvalue weighted by Gasteiger charge is 2.47. The number of carbonyl (C=O) groups is 4. The highest BCUT2D eigenvalue weighted by molar-refractivity contribution is 6.54. The van der Waals surface area contributed by atoms with E-state index in [2.05, 4.69) is 0 Å². The van der Waals surface area contributed by atoms with Crippen molar-refractivity contribution in [3.05, 3.63) is 42.3 Å². The molecular weight excluding hydrogens is 507 g/mol. The molecule has 2 aromatic rings. The number of nitrogens with zero attached hydrogens (tertiary/aromatic N) is 2. The second-order valence-electron chi connectivity index (χ2n) is 6.67. The average Bonchev–Trinajstić information content (AvgIpc) is 2.66. The van der Waals surface area contributed by atoms with Gasteiger partial charge in [-0.1, -0.05) is 46.4 Å². The number of benzene rings is 2. The molecule has 4 amide bonds. The van der Waals surface area contributed by atoms with E-state index < -0.39 is 67.6 Å². The van der Waals surface area contributed by atoms with Gasteiger partial charge in [0.05, 0.1) is 42.3 Å². The second kappa shape index (κ2) is 6.96. The first kappa shape index (κ1) is 22.1. The van der Waals surface area contributed by atoms with E-state index in [0.717, 1.165) is 4.90 Å². The van der Waals surface area contributed by atoms with Crippen molar-refractivity contribution in [2.24, 2.45) is 0 Å². The summed E-state index contributed by atoms with van der Waals surface area (Å²) in [5, 5.41) is -2.58. The molecule has 0 aliphatic carbocycles. The molecule has 2 aliphatic rings. The van der Waals surface area contributed by atoms with Crippen molar-refractivity contribution in [2.75, 3.05) is 13.1 Å². The molecule has 2 heterocycles. The number of alkyl halides is 3.